The van der Waals surface area contributed by atoms with Crippen LogP contribution in [0, 0.1) is 0 Å². The van der Waals surface area contributed by atoms with Crippen LogP contribution in [-0.4, -0.2) is 18.4 Å². The van der Waals surface area contributed by atoms with Crippen molar-refractivity contribution in [1.29, 1.82) is 0 Å². The lowest BCUT2D eigenvalue weighted by atomic mass is 10.1. The highest BCUT2D eigenvalue weighted by Gasteiger charge is 2.06. The summed E-state index contributed by atoms with van der Waals surface area (Å²) in [4.78, 5) is 22.3. The van der Waals surface area contributed by atoms with Crippen molar-refractivity contribution in [2.45, 2.75) is 13.8 Å². The molecule has 0 amide bonds. The predicted molar refractivity (Wildman–Crippen MR) is 62.8 cm³/mol. The quantitative estimate of drug-likeness (QED) is 0.339. The van der Waals surface area contributed by atoms with Crippen LogP contribution in [0.3, 0.4) is 0 Å². The SMILES string of the molecule is CCOC(=O)C=COc1ccccc1C(C)=O. The molecule has 0 aliphatic rings. The third-order valence-electron chi connectivity index (χ3n) is 1.95. The van der Waals surface area contributed by atoms with E-state index in [2.05, 4.69) is 4.74 Å². The largest absolute Gasteiger partial charge is 0.464 e. The average Bonchev–Trinajstić information content (AvgIpc) is 2.30. The van der Waals surface area contributed by atoms with Crippen LogP contribution in [0.1, 0.15) is 24.2 Å². The van der Waals surface area contributed by atoms with Gasteiger partial charge in [-0.25, -0.2) is 4.79 Å². The molecule has 1 rings (SSSR count). The fraction of sp³-hybridized carbons (Fsp3) is 0.231. The van der Waals surface area contributed by atoms with Gasteiger partial charge in [0.1, 0.15) is 5.75 Å². The van der Waals surface area contributed by atoms with E-state index in [0.29, 0.717) is 17.9 Å². The van der Waals surface area contributed by atoms with E-state index in [1.54, 1.807) is 31.2 Å². The molecule has 1 aromatic rings. The van der Waals surface area contributed by atoms with Crippen molar-refractivity contribution >= 4 is 11.8 Å². The van der Waals surface area contributed by atoms with Crippen LogP contribution >= 0.6 is 0 Å². The number of para-hydroxylation sites is 1. The summed E-state index contributed by atoms with van der Waals surface area (Å²) >= 11 is 0. The van der Waals surface area contributed by atoms with Crippen LogP contribution < -0.4 is 4.74 Å². The fourth-order valence-electron chi connectivity index (χ4n) is 1.21. The fourth-order valence-corrected chi connectivity index (χ4v) is 1.21. The summed E-state index contributed by atoms with van der Waals surface area (Å²) in [7, 11) is 0. The van der Waals surface area contributed by atoms with Crippen LogP contribution in [0.25, 0.3) is 0 Å². The topological polar surface area (TPSA) is 52.6 Å². The molecule has 0 fully saturated rings. The van der Waals surface area contributed by atoms with E-state index in [1.807, 2.05) is 0 Å². The molecular weight excluding hydrogens is 220 g/mol. The molecule has 4 nitrogen and oxygen atoms in total. The molecule has 90 valence electrons. The number of esters is 1. The minimum atomic E-state index is -0.479. The summed E-state index contributed by atoms with van der Waals surface area (Å²) in [5.74, 6) is -0.154. The second-order valence-electron chi connectivity index (χ2n) is 3.22. The minimum absolute atomic E-state index is 0.0925. The number of hydrogen-bond acceptors (Lipinski definition) is 4. The van der Waals surface area contributed by atoms with Crippen molar-refractivity contribution in [1.82, 2.24) is 0 Å². The maximum absolute atomic E-state index is 11.3. The van der Waals surface area contributed by atoms with Crippen molar-refractivity contribution in [3.8, 4) is 5.75 Å². The van der Waals surface area contributed by atoms with Gasteiger partial charge >= 0.3 is 5.97 Å². The number of carbonyl (C=O) groups excluding carboxylic acids is 2. The van der Waals surface area contributed by atoms with E-state index in [0.717, 1.165) is 0 Å². The van der Waals surface area contributed by atoms with E-state index in [-0.39, 0.29) is 5.78 Å². The monoisotopic (exact) mass is 234 g/mol. The highest BCUT2D eigenvalue weighted by atomic mass is 16.5. The van der Waals surface area contributed by atoms with Gasteiger partial charge in [-0.2, -0.15) is 0 Å². The Morgan fingerprint density at radius 3 is 2.65 bits per heavy atom. The number of hydrogen-bond donors (Lipinski definition) is 0. The summed E-state index contributed by atoms with van der Waals surface area (Å²) in [6.07, 6.45) is 2.38. The first-order valence-electron chi connectivity index (χ1n) is 5.25. The van der Waals surface area contributed by atoms with Gasteiger partial charge < -0.3 is 9.47 Å². The van der Waals surface area contributed by atoms with E-state index in [4.69, 9.17) is 4.74 Å². The Balaban J connectivity index is 2.69. The van der Waals surface area contributed by atoms with Gasteiger partial charge in [0.2, 0.25) is 0 Å². The van der Waals surface area contributed by atoms with E-state index in [9.17, 15) is 9.59 Å². The number of ether oxygens (including phenoxy) is 2. The average molecular weight is 234 g/mol. The van der Waals surface area contributed by atoms with Crippen molar-refractivity contribution < 1.29 is 19.1 Å². The minimum Gasteiger partial charge on any atom is -0.464 e. The molecule has 0 saturated carbocycles. The van der Waals surface area contributed by atoms with Crippen LogP contribution in [0.2, 0.25) is 0 Å². The molecule has 0 spiro atoms. The zero-order valence-corrected chi connectivity index (χ0v) is 9.80. The molecule has 0 radical (unpaired) electrons. The summed E-state index contributed by atoms with van der Waals surface area (Å²) in [6, 6.07) is 6.82. The van der Waals surface area contributed by atoms with Gasteiger partial charge in [-0.1, -0.05) is 12.1 Å². The van der Waals surface area contributed by atoms with Gasteiger partial charge in [0.05, 0.1) is 24.5 Å². The Morgan fingerprint density at radius 1 is 1.29 bits per heavy atom. The second-order valence-corrected chi connectivity index (χ2v) is 3.22. The first-order valence-corrected chi connectivity index (χ1v) is 5.25. The van der Waals surface area contributed by atoms with Gasteiger partial charge in [0.25, 0.3) is 0 Å². The Hall–Kier alpha value is -2.10. The van der Waals surface area contributed by atoms with Gasteiger partial charge in [-0.3, -0.25) is 4.79 Å². The molecule has 0 unspecified atom stereocenters. The highest BCUT2D eigenvalue weighted by molar-refractivity contribution is 5.96. The van der Waals surface area contributed by atoms with E-state index >= 15 is 0 Å². The molecule has 0 aromatic heterocycles. The standard InChI is InChI=1S/C13H14O4/c1-3-16-13(15)8-9-17-12-7-5-4-6-11(12)10(2)14/h4-9H,3H2,1-2H3. The molecule has 0 saturated heterocycles. The Labute approximate surface area is 99.8 Å². The molecule has 0 heterocycles. The summed E-state index contributed by atoms with van der Waals surface area (Å²) < 4.78 is 9.90. The normalized spacial score (nSPS) is 10.2. The Morgan fingerprint density at radius 2 is 2.00 bits per heavy atom. The third-order valence-corrected chi connectivity index (χ3v) is 1.95. The van der Waals surface area contributed by atoms with E-state index in [1.165, 1.54) is 19.3 Å². The van der Waals surface area contributed by atoms with Crippen LogP contribution in [0.5, 0.6) is 5.75 Å². The van der Waals surface area contributed by atoms with Gasteiger partial charge in [-0.05, 0) is 26.0 Å². The first kappa shape index (κ1) is 13.0. The van der Waals surface area contributed by atoms with Gasteiger partial charge in [-0.15, -0.1) is 0 Å². The number of ketones is 1. The summed E-state index contributed by atoms with van der Waals surface area (Å²) in [6.45, 7) is 3.49. The van der Waals surface area contributed by atoms with Crippen LogP contribution in [0.4, 0.5) is 0 Å². The maximum atomic E-state index is 11.3. The van der Waals surface area contributed by atoms with Crippen LogP contribution in [0.15, 0.2) is 36.6 Å². The van der Waals surface area contributed by atoms with Gasteiger partial charge in [0, 0.05) is 0 Å². The molecule has 0 N–H and O–H groups in total. The zero-order valence-electron chi connectivity index (χ0n) is 9.80. The maximum Gasteiger partial charge on any atom is 0.333 e. The van der Waals surface area contributed by atoms with E-state index < -0.39 is 5.97 Å². The number of benzene rings is 1. The van der Waals surface area contributed by atoms with Gasteiger partial charge in [0.15, 0.2) is 5.78 Å². The van der Waals surface area contributed by atoms with Crippen molar-refractivity contribution in [3.05, 3.63) is 42.2 Å². The highest BCUT2D eigenvalue weighted by Crippen LogP contribution is 2.18. The zero-order chi connectivity index (χ0) is 12.7. The number of Topliss-reactive ketones (excluding diaryl/α,β-unsaturated/α-hetero) is 1. The molecule has 0 bridgehead atoms. The van der Waals surface area contributed by atoms with Crippen molar-refractivity contribution in [3.63, 3.8) is 0 Å². The number of carbonyl (C=O) groups is 2. The molecule has 0 aliphatic heterocycles. The summed E-state index contributed by atoms with van der Waals surface area (Å²) in [5.41, 5.74) is 0.473. The Bertz CT molecular complexity index is 435. The van der Waals surface area contributed by atoms with Crippen molar-refractivity contribution in [2.75, 3.05) is 6.61 Å². The Kier molecular flexibility index (Phi) is 4.94. The molecule has 0 aliphatic carbocycles. The molecular formula is C13H14O4. The predicted octanol–water partition coefficient (Wildman–Crippen LogP) is 2.34. The molecule has 0 atom stereocenters. The summed E-state index contributed by atoms with van der Waals surface area (Å²) in [5, 5.41) is 0. The molecule has 17 heavy (non-hydrogen) atoms. The van der Waals surface area contributed by atoms with Crippen LogP contribution in [-0.2, 0) is 9.53 Å². The number of rotatable bonds is 5. The lowest BCUT2D eigenvalue weighted by Crippen LogP contribution is -2.00. The molecule has 4 heteroatoms. The lowest BCUT2D eigenvalue weighted by Gasteiger charge is -2.04. The van der Waals surface area contributed by atoms with Crippen molar-refractivity contribution in [2.24, 2.45) is 0 Å². The lowest BCUT2D eigenvalue weighted by molar-refractivity contribution is -0.137. The first-order chi connectivity index (χ1) is 8.15. The second kappa shape index (κ2) is 6.48. The smallest absolute Gasteiger partial charge is 0.333 e. The molecule has 1 aromatic carbocycles. The third kappa shape index (κ3) is 4.10.